The molecule has 0 radical (unpaired) electrons. The molecule has 0 aliphatic heterocycles. The van der Waals surface area contributed by atoms with E-state index in [-0.39, 0.29) is 18.9 Å². The van der Waals surface area contributed by atoms with Gasteiger partial charge in [-0.15, -0.1) is 17.0 Å². The van der Waals surface area contributed by atoms with E-state index >= 15 is 0 Å². The van der Waals surface area contributed by atoms with Crippen molar-refractivity contribution >= 4 is 46.1 Å². The largest absolute Gasteiger partial charge is 1.00 e. The van der Waals surface area contributed by atoms with E-state index in [0.29, 0.717) is 14.4 Å². The third-order valence-corrected chi connectivity index (χ3v) is 2.78. The summed E-state index contributed by atoms with van der Waals surface area (Å²) in [6.07, 6.45) is 0. The van der Waals surface area contributed by atoms with Crippen molar-refractivity contribution < 1.29 is 18.9 Å². The van der Waals surface area contributed by atoms with Crippen molar-refractivity contribution in [2.24, 2.45) is 0 Å². The quantitative estimate of drug-likeness (QED) is 0.416. The standard InChI is InChI=1S/C4Cl3S.Li/c5-2-1-8-4(7)3(2)6;/q-1;+1. The van der Waals surface area contributed by atoms with Crippen LogP contribution in [0.1, 0.15) is 0 Å². The maximum absolute atomic E-state index is 5.51. The van der Waals surface area contributed by atoms with Gasteiger partial charge in [0.15, 0.2) is 0 Å². The summed E-state index contributed by atoms with van der Waals surface area (Å²) in [5.74, 6) is 0. The van der Waals surface area contributed by atoms with Crippen LogP contribution in [0.5, 0.6) is 0 Å². The number of halogens is 3. The van der Waals surface area contributed by atoms with Gasteiger partial charge in [0.05, 0.1) is 0 Å². The summed E-state index contributed by atoms with van der Waals surface area (Å²) in [6.45, 7) is 0. The third kappa shape index (κ3) is 2.35. The van der Waals surface area contributed by atoms with Gasteiger partial charge in [0, 0.05) is 0 Å². The molecule has 44 valence electrons. The molecule has 0 amide bonds. The van der Waals surface area contributed by atoms with E-state index in [1.54, 1.807) is 0 Å². The second-order valence-electron chi connectivity index (χ2n) is 1.11. The first kappa shape index (κ1) is 10.2. The zero-order valence-corrected chi connectivity index (χ0v) is 7.63. The molecule has 0 aliphatic carbocycles. The Balaban J connectivity index is 0.000000640. The molecule has 0 atom stereocenters. The third-order valence-electron chi connectivity index (χ3n) is 0.596. The van der Waals surface area contributed by atoms with Gasteiger partial charge in [-0.05, 0) is 4.34 Å². The van der Waals surface area contributed by atoms with Gasteiger partial charge in [-0.2, -0.15) is 23.2 Å². The van der Waals surface area contributed by atoms with Crippen LogP contribution in [0.15, 0.2) is 0 Å². The van der Waals surface area contributed by atoms with E-state index in [9.17, 15) is 0 Å². The van der Waals surface area contributed by atoms with Crippen LogP contribution in [-0.4, -0.2) is 0 Å². The summed E-state index contributed by atoms with van der Waals surface area (Å²) in [6, 6.07) is 0. The molecule has 0 N–H and O–H groups in total. The number of rotatable bonds is 0. The SMILES string of the molecule is Clc1[c-]sc(Cl)c1Cl.[Li+]. The van der Waals surface area contributed by atoms with E-state index < -0.39 is 0 Å². The molecule has 1 heterocycles. The van der Waals surface area contributed by atoms with Gasteiger partial charge >= 0.3 is 18.9 Å². The smallest absolute Gasteiger partial charge is 0.281 e. The molecular formula is C4Cl3LiS. The normalized spacial score (nSPS) is 8.78. The Morgan fingerprint density at radius 3 is 1.89 bits per heavy atom. The molecule has 5 heteroatoms. The molecule has 0 saturated carbocycles. The van der Waals surface area contributed by atoms with Crippen molar-refractivity contribution in [2.75, 3.05) is 0 Å². The Morgan fingerprint density at radius 1 is 1.22 bits per heavy atom. The summed E-state index contributed by atoms with van der Waals surface area (Å²) in [5.41, 5.74) is 0. The molecule has 0 aliphatic rings. The summed E-state index contributed by atoms with van der Waals surface area (Å²) in [5, 5.41) is 3.49. The van der Waals surface area contributed by atoms with Crippen LogP contribution < -0.4 is 18.9 Å². The van der Waals surface area contributed by atoms with Crippen molar-refractivity contribution in [1.82, 2.24) is 0 Å². The predicted molar refractivity (Wildman–Crippen MR) is 38.2 cm³/mol. The minimum Gasteiger partial charge on any atom is -0.281 e. The Kier molecular flexibility index (Phi) is 4.67. The zero-order valence-electron chi connectivity index (χ0n) is 4.54. The van der Waals surface area contributed by atoms with Crippen LogP contribution in [0.25, 0.3) is 0 Å². The molecule has 9 heavy (non-hydrogen) atoms. The summed E-state index contributed by atoms with van der Waals surface area (Å²) in [4.78, 5) is 0. The molecule has 0 unspecified atom stereocenters. The second-order valence-corrected chi connectivity index (χ2v) is 3.28. The number of thiophene rings is 1. The average molecular weight is 193 g/mol. The van der Waals surface area contributed by atoms with Crippen molar-refractivity contribution in [1.29, 1.82) is 0 Å². The fraction of sp³-hybridized carbons (Fsp3) is 0. The van der Waals surface area contributed by atoms with Gasteiger partial charge in [-0.25, -0.2) is 0 Å². The van der Waals surface area contributed by atoms with E-state index in [2.05, 4.69) is 5.38 Å². The van der Waals surface area contributed by atoms with Crippen LogP contribution in [-0.2, 0) is 0 Å². The first-order chi connectivity index (χ1) is 3.72. The predicted octanol–water partition coefficient (Wildman–Crippen LogP) is 0.512. The summed E-state index contributed by atoms with van der Waals surface area (Å²) < 4.78 is 0.497. The van der Waals surface area contributed by atoms with Crippen molar-refractivity contribution in [3.05, 3.63) is 19.8 Å². The second kappa shape index (κ2) is 4.13. The Bertz CT molecular complexity index is 178. The first-order valence-corrected chi connectivity index (χ1v) is 3.68. The number of hydrogen-bond donors (Lipinski definition) is 0. The van der Waals surface area contributed by atoms with E-state index in [0.717, 1.165) is 0 Å². The molecule has 0 nitrogen and oxygen atoms in total. The monoisotopic (exact) mass is 192 g/mol. The molecule has 1 aromatic rings. The minimum absolute atomic E-state index is 0. The van der Waals surface area contributed by atoms with Gasteiger partial charge in [0.1, 0.15) is 0 Å². The van der Waals surface area contributed by atoms with Crippen LogP contribution in [0.4, 0.5) is 0 Å². The first-order valence-electron chi connectivity index (χ1n) is 1.73. The van der Waals surface area contributed by atoms with Crippen LogP contribution >= 0.6 is 46.1 Å². The van der Waals surface area contributed by atoms with Crippen molar-refractivity contribution in [2.45, 2.75) is 0 Å². The maximum Gasteiger partial charge on any atom is 1.00 e. The van der Waals surface area contributed by atoms with Gasteiger partial charge in [0.2, 0.25) is 0 Å². The summed E-state index contributed by atoms with van der Waals surface area (Å²) >= 11 is 17.7. The molecule has 0 fully saturated rings. The Hall–Kier alpha value is 1.17. The molecule has 0 saturated heterocycles. The molecule has 0 spiro atoms. The molecule has 0 aromatic carbocycles. The van der Waals surface area contributed by atoms with Crippen LogP contribution in [0, 0.1) is 5.38 Å². The molecule has 1 rings (SSSR count). The van der Waals surface area contributed by atoms with E-state index in [1.807, 2.05) is 0 Å². The molecule has 1 aromatic heterocycles. The number of hydrogen-bond acceptors (Lipinski definition) is 1. The molecule has 0 bridgehead atoms. The van der Waals surface area contributed by atoms with E-state index in [4.69, 9.17) is 34.8 Å². The molecular weight excluding hydrogens is 193 g/mol. The maximum atomic E-state index is 5.51. The Labute approximate surface area is 84.3 Å². The van der Waals surface area contributed by atoms with E-state index in [1.165, 1.54) is 11.3 Å². The zero-order chi connectivity index (χ0) is 6.15. The summed E-state index contributed by atoms with van der Waals surface area (Å²) in [7, 11) is 0. The average Bonchev–Trinajstić information content (AvgIpc) is 1.98. The van der Waals surface area contributed by atoms with Gasteiger partial charge < -0.3 is 0 Å². The van der Waals surface area contributed by atoms with Crippen molar-refractivity contribution in [3.8, 4) is 0 Å². The fourth-order valence-corrected chi connectivity index (χ4v) is 1.48. The van der Waals surface area contributed by atoms with Crippen LogP contribution in [0.3, 0.4) is 0 Å². The Morgan fingerprint density at radius 2 is 1.78 bits per heavy atom. The minimum atomic E-state index is 0. The van der Waals surface area contributed by atoms with Gasteiger partial charge in [-0.3, -0.25) is 11.3 Å². The van der Waals surface area contributed by atoms with Crippen molar-refractivity contribution in [3.63, 3.8) is 0 Å². The van der Waals surface area contributed by atoms with Gasteiger partial charge in [-0.1, -0.05) is 10.0 Å². The van der Waals surface area contributed by atoms with Gasteiger partial charge in [0.25, 0.3) is 0 Å². The van der Waals surface area contributed by atoms with Crippen LogP contribution in [0.2, 0.25) is 14.4 Å². The topological polar surface area (TPSA) is 0 Å². The fourth-order valence-electron chi connectivity index (χ4n) is 0.265.